The normalized spacial score (nSPS) is 23.8. The van der Waals surface area contributed by atoms with Gasteiger partial charge in [-0.05, 0) is 67.8 Å². The lowest BCUT2D eigenvalue weighted by molar-refractivity contribution is 0.133. The van der Waals surface area contributed by atoms with E-state index in [1.54, 1.807) is 0 Å². The molecule has 2 rings (SSSR count). The molecule has 2 heterocycles. The monoisotopic (exact) mass is 316 g/mol. The quantitative estimate of drug-likeness (QED) is 0.914. The Morgan fingerprint density at radius 2 is 2.47 bits per heavy atom. The zero-order valence-electron chi connectivity index (χ0n) is 10.6. The first-order valence-electron chi connectivity index (χ1n) is 6.33. The number of likely N-dealkylation sites (tertiary alicyclic amines) is 1. The molecule has 2 atom stereocenters. The molecule has 0 amide bonds. The average molecular weight is 317 g/mol. The van der Waals surface area contributed by atoms with Crippen molar-refractivity contribution in [2.24, 2.45) is 5.92 Å². The van der Waals surface area contributed by atoms with Crippen molar-refractivity contribution in [3.8, 4) is 0 Å². The summed E-state index contributed by atoms with van der Waals surface area (Å²) in [4.78, 5) is 4.10. The number of piperidine rings is 1. The molecule has 0 aromatic carbocycles. The molecule has 1 aromatic heterocycles. The van der Waals surface area contributed by atoms with Crippen molar-refractivity contribution in [1.29, 1.82) is 0 Å². The predicted octanol–water partition coefficient (Wildman–Crippen LogP) is 3.50. The van der Waals surface area contributed by atoms with Crippen LogP contribution < -0.4 is 5.32 Å². The van der Waals surface area contributed by atoms with E-state index in [-0.39, 0.29) is 0 Å². The molecule has 1 aliphatic rings. The van der Waals surface area contributed by atoms with Crippen molar-refractivity contribution < 1.29 is 0 Å². The van der Waals surface area contributed by atoms with Gasteiger partial charge in [0, 0.05) is 27.3 Å². The zero-order valence-corrected chi connectivity index (χ0v) is 13.0. The molecule has 0 aliphatic carbocycles. The number of thiophene rings is 1. The van der Waals surface area contributed by atoms with Gasteiger partial charge in [0.25, 0.3) is 0 Å². The number of hydrogen-bond donors (Lipinski definition) is 1. The Morgan fingerprint density at radius 3 is 3.12 bits per heavy atom. The SMILES string of the molecule is CNCC1CCCN(C(C)c2cc(Br)cs2)C1. The zero-order chi connectivity index (χ0) is 12.3. The summed E-state index contributed by atoms with van der Waals surface area (Å²) in [6, 6.07) is 2.82. The molecule has 1 saturated heterocycles. The van der Waals surface area contributed by atoms with Crippen LogP contribution in [-0.4, -0.2) is 31.6 Å². The second-order valence-corrected chi connectivity index (χ2v) is 6.76. The Labute approximate surface area is 117 Å². The Kier molecular flexibility index (Phi) is 5.03. The van der Waals surface area contributed by atoms with Crippen LogP contribution in [0.1, 0.15) is 30.7 Å². The highest BCUT2D eigenvalue weighted by atomic mass is 79.9. The minimum atomic E-state index is 0.561. The fraction of sp³-hybridized carbons (Fsp3) is 0.692. The molecule has 4 heteroatoms. The lowest BCUT2D eigenvalue weighted by atomic mass is 9.96. The van der Waals surface area contributed by atoms with Crippen molar-refractivity contribution in [1.82, 2.24) is 10.2 Å². The summed E-state index contributed by atoms with van der Waals surface area (Å²) in [5, 5.41) is 5.49. The van der Waals surface area contributed by atoms with Gasteiger partial charge in [-0.1, -0.05) is 0 Å². The van der Waals surface area contributed by atoms with E-state index in [0.29, 0.717) is 6.04 Å². The molecule has 17 heavy (non-hydrogen) atoms. The number of nitrogens with zero attached hydrogens (tertiary/aromatic N) is 1. The van der Waals surface area contributed by atoms with Gasteiger partial charge in [0.1, 0.15) is 0 Å². The van der Waals surface area contributed by atoms with Crippen molar-refractivity contribution in [2.45, 2.75) is 25.8 Å². The van der Waals surface area contributed by atoms with E-state index >= 15 is 0 Å². The highest BCUT2D eigenvalue weighted by Crippen LogP contribution is 2.31. The standard InChI is InChI=1S/C13H21BrN2S/c1-10(13-6-12(14)9-17-13)16-5-3-4-11(8-16)7-15-2/h6,9-11,15H,3-5,7-8H2,1-2H3. The van der Waals surface area contributed by atoms with Gasteiger partial charge in [0.2, 0.25) is 0 Å². The maximum Gasteiger partial charge on any atom is 0.0413 e. The van der Waals surface area contributed by atoms with Gasteiger partial charge in [0.05, 0.1) is 0 Å². The Hall–Kier alpha value is 0.1000. The molecular formula is C13H21BrN2S. The molecule has 0 saturated carbocycles. The predicted molar refractivity (Wildman–Crippen MR) is 78.7 cm³/mol. The molecule has 1 N–H and O–H groups in total. The van der Waals surface area contributed by atoms with Gasteiger partial charge in [-0.25, -0.2) is 0 Å². The van der Waals surface area contributed by atoms with Crippen LogP contribution in [0.15, 0.2) is 15.9 Å². The van der Waals surface area contributed by atoms with E-state index in [1.165, 1.54) is 35.3 Å². The Balaban J connectivity index is 1.97. The van der Waals surface area contributed by atoms with Crippen molar-refractivity contribution >= 4 is 27.3 Å². The molecule has 0 radical (unpaired) electrons. The Morgan fingerprint density at radius 1 is 1.65 bits per heavy atom. The van der Waals surface area contributed by atoms with Crippen LogP contribution in [0.5, 0.6) is 0 Å². The lowest BCUT2D eigenvalue weighted by Crippen LogP contribution is -2.40. The molecule has 96 valence electrons. The van der Waals surface area contributed by atoms with Crippen LogP contribution in [0.2, 0.25) is 0 Å². The first-order chi connectivity index (χ1) is 8.20. The summed E-state index contributed by atoms with van der Waals surface area (Å²) in [6.45, 7) is 5.96. The van der Waals surface area contributed by atoms with Gasteiger partial charge in [-0.15, -0.1) is 11.3 Å². The van der Waals surface area contributed by atoms with E-state index in [1.807, 2.05) is 11.3 Å². The maximum absolute atomic E-state index is 3.54. The van der Waals surface area contributed by atoms with Crippen LogP contribution in [0.3, 0.4) is 0 Å². The highest BCUT2D eigenvalue weighted by Gasteiger charge is 2.24. The van der Waals surface area contributed by atoms with Gasteiger partial charge in [-0.2, -0.15) is 0 Å². The molecule has 1 aromatic rings. The van der Waals surface area contributed by atoms with Crippen LogP contribution in [0.25, 0.3) is 0 Å². The van der Waals surface area contributed by atoms with Crippen LogP contribution in [0.4, 0.5) is 0 Å². The fourth-order valence-corrected chi connectivity index (χ4v) is 4.17. The summed E-state index contributed by atoms with van der Waals surface area (Å²) in [5.41, 5.74) is 0. The van der Waals surface area contributed by atoms with Crippen LogP contribution in [-0.2, 0) is 0 Å². The molecular weight excluding hydrogens is 296 g/mol. The number of rotatable bonds is 4. The number of nitrogens with one attached hydrogen (secondary N) is 1. The molecule has 1 aliphatic heterocycles. The van der Waals surface area contributed by atoms with Crippen molar-refractivity contribution in [2.75, 3.05) is 26.7 Å². The second-order valence-electron chi connectivity index (χ2n) is 4.90. The Bertz CT molecular complexity index is 351. The maximum atomic E-state index is 3.54. The lowest BCUT2D eigenvalue weighted by Gasteiger charge is -2.36. The first kappa shape index (κ1) is 13.5. The first-order valence-corrected chi connectivity index (χ1v) is 8.00. The highest BCUT2D eigenvalue weighted by molar-refractivity contribution is 9.10. The smallest absolute Gasteiger partial charge is 0.0413 e. The van der Waals surface area contributed by atoms with Crippen molar-refractivity contribution in [3.63, 3.8) is 0 Å². The molecule has 2 nitrogen and oxygen atoms in total. The molecule has 1 fully saturated rings. The molecule has 2 unspecified atom stereocenters. The number of hydrogen-bond acceptors (Lipinski definition) is 3. The minimum Gasteiger partial charge on any atom is -0.319 e. The van der Waals surface area contributed by atoms with Crippen LogP contribution >= 0.6 is 27.3 Å². The fourth-order valence-electron chi connectivity index (χ4n) is 2.63. The average Bonchev–Trinajstić information content (AvgIpc) is 2.76. The summed E-state index contributed by atoms with van der Waals surface area (Å²) in [7, 11) is 2.05. The van der Waals surface area contributed by atoms with Gasteiger partial charge >= 0.3 is 0 Å². The molecule has 0 bridgehead atoms. The molecule has 0 spiro atoms. The van der Waals surface area contributed by atoms with E-state index in [9.17, 15) is 0 Å². The summed E-state index contributed by atoms with van der Waals surface area (Å²) in [5.74, 6) is 0.819. The van der Waals surface area contributed by atoms with E-state index in [2.05, 4.69) is 51.6 Å². The van der Waals surface area contributed by atoms with Crippen LogP contribution in [0, 0.1) is 5.92 Å². The summed E-state index contributed by atoms with van der Waals surface area (Å²) < 4.78 is 1.22. The van der Waals surface area contributed by atoms with Crippen molar-refractivity contribution in [3.05, 3.63) is 20.8 Å². The number of halogens is 1. The largest absolute Gasteiger partial charge is 0.319 e. The minimum absolute atomic E-state index is 0.561. The topological polar surface area (TPSA) is 15.3 Å². The third-order valence-corrected chi connectivity index (χ3v) is 5.45. The van der Waals surface area contributed by atoms with E-state index in [0.717, 1.165) is 12.5 Å². The summed E-state index contributed by atoms with van der Waals surface area (Å²) in [6.07, 6.45) is 2.71. The van der Waals surface area contributed by atoms with Gasteiger partial charge < -0.3 is 5.32 Å². The second kappa shape index (κ2) is 6.32. The van der Waals surface area contributed by atoms with Gasteiger partial charge in [0.15, 0.2) is 0 Å². The third-order valence-electron chi connectivity index (χ3n) is 3.59. The van der Waals surface area contributed by atoms with E-state index in [4.69, 9.17) is 0 Å². The van der Waals surface area contributed by atoms with Gasteiger partial charge in [-0.3, -0.25) is 4.90 Å². The summed E-state index contributed by atoms with van der Waals surface area (Å²) >= 11 is 5.40. The third kappa shape index (κ3) is 3.53. The van der Waals surface area contributed by atoms with E-state index < -0.39 is 0 Å².